The van der Waals surface area contributed by atoms with Crippen molar-refractivity contribution in [2.75, 3.05) is 7.11 Å². The lowest BCUT2D eigenvalue weighted by Gasteiger charge is -2.44. The van der Waals surface area contributed by atoms with E-state index in [9.17, 15) is 0 Å². The lowest BCUT2D eigenvalue weighted by molar-refractivity contribution is -0.0835. The van der Waals surface area contributed by atoms with Crippen LogP contribution in [0.2, 0.25) is 36.3 Å². The summed E-state index contributed by atoms with van der Waals surface area (Å²) in [5, 5.41) is 0. The Balaban J connectivity index is 2.57. The van der Waals surface area contributed by atoms with E-state index in [4.69, 9.17) is 18.3 Å². The predicted molar refractivity (Wildman–Crippen MR) is 166 cm³/mol. The van der Waals surface area contributed by atoms with Crippen molar-refractivity contribution in [3.63, 3.8) is 0 Å². The summed E-state index contributed by atoms with van der Waals surface area (Å²) in [6.45, 7) is 18.4. The van der Waals surface area contributed by atoms with Crippen molar-refractivity contribution in [1.29, 1.82) is 0 Å². The third-order valence-electron chi connectivity index (χ3n) is 8.44. The van der Waals surface area contributed by atoms with E-state index in [0.717, 1.165) is 47.6 Å². The summed E-state index contributed by atoms with van der Waals surface area (Å²) in [5.74, 6) is 0.847. The minimum Gasteiger partial charge on any atom is -0.497 e. The zero-order valence-corrected chi connectivity index (χ0v) is 27.0. The highest BCUT2D eigenvalue weighted by molar-refractivity contribution is 6.74. The second-order valence-corrected chi connectivity index (χ2v) is 19.7. The van der Waals surface area contributed by atoms with Gasteiger partial charge in [-0.1, -0.05) is 90.1 Å². The van der Waals surface area contributed by atoms with Gasteiger partial charge in [-0.3, -0.25) is 0 Å². The second-order valence-electron chi connectivity index (χ2n) is 10.2. The molecule has 38 heavy (non-hydrogen) atoms. The number of methoxy groups -OCH3 is 1. The van der Waals surface area contributed by atoms with Gasteiger partial charge in [0.2, 0.25) is 0 Å². The molecule has 0 amide bonds. The maximum atomic E-state index is 7.36. The van der Waals surface area contributed by atoms with Crippen LogP contribution in [0, 0.1) is 0 Å². The fourth-order valence-electron chi connectivity index (χ4n) is 5.24. The lowest BCUT2D eigenvalue weighted by Crippen LogP contribution is -2.50. The molecule has 2 aromatic carbocycles. The Kier molecular flexibility index (Phi) is 14.0. The zero-order valence-electron chi connectivity index (χ0n) is 25.0. The largest absolute Gasteiger partial charge is 0.497 e. The van der Waals surface area contributed by atoms with Crippen LogP contribution >= 0.6 is 0 Å². The van der Waals surface area contributed by atoms with Crippen molar-refractivity contribution in [1.82, 2.24) is 0 Å². The van der Waals surface area contributed by atoms with Gasteiger partial charge in [-0.05, 0) is 65.9 Å². The summed E-state index contributed by atoms with van der Waals surface area (Å²) < 4.78 is 26.8. The molecule has 4 nitrogen and oxygen atoms in total. The predicted octanol–water partition coefficient (Wildman–Crippen LogP) is 9.31. The van der Waals surface area contributed by atoms with Crippen LogP contribution in [0.25, 0.3) is 0 Å². The topological polar surface area (TPSA) is 36.9 Å². The Labute approximate surface area is 235 Å². The fraction of sp³-hybridized carbons (Fsp3) is 0.562. The highest BCUT2D eigenvalue weighted by Crippen LogP contribution is 2.38. The van der Waals surface area contributed by atoms with Crippen molar-refractivity contribution in [2.45, 2.75) is 109 Å². The van der Waals surface area contributed by atoms with E-state index in [1.807, 2.05) is 18.2 Å². The Hall–Kier alpha value is -1.71. The summed E-state index contributed by atoms with van der Waals surface area (Å²) in [7, 11) is -2.26. The highest BCUT2D eigenvalue weighted by Gasteiger charge is 2.43. The van der Waals surface area contributed by atoms with Crippen LogP contribution in [0.1, 0.15) is 65.2 Å². The fourth-order valence-corrected chi connectivity index (χ4v) is 10.9. The molecule has 0 unspecified atom stereocenters. The molecule has 0 saturated heterocycles. The monoisotopic (exact) mass is 556 g/mol. The van der Waals surface area contributed by atoms with Crippen LogP contribution in [-0.4, -0.2) is 36.0 Å². The number of benzene rings is 2. The Morgan fingerprint density at radius 2 is 1.26 bits per heavy atom. The Morgan fingerprint density at radius 3 is 1.74 bits per heavy atom. The molecule has 212 valence electrons. The van der Waals surface area contributed by atoms with Gasteiger partial charge in [-0.2, -0.15) is 0 Å². The summed E-state index contributed by atoms with van der Waals surface area (Å²) in [5.41, 5.74) is 2.29. The van der Waals surface area contributed by atoms with Gasteiger partial charge in [-0.25, -0.2) is 0 Å². The van der Waals surface area contributed by atoms with Crippen molar-refractivity contribution in [2.24, 2.45) is 0 Å². The van der Waals surface area contributed by atoms with Crippen LogP contribution < -0.4 is 4.74 Å². The molecular weight excluding hydrogens is 505 g/mol. The first kappa shape index (κ1) is 32.5. The van der Waals surface area contributed by atoms with E-state index in [2.05, 4.69) is 90.6 Å². The SMILES string of the molecule is C=CC[C@H](OCc1ccc(OC)cc1)[C@H](O[Si](CC)(CC)CC)[C@H](O[Si](CC)(CC)CC)c1ccccc1. The summed E-state index contributed by atoms with van der Waals surface area (Å²) in [4.78, 5) is 0. The van der Waals surface area contributed by atoms with Crippen LogP contribution in [0.15, 0.2) is 67.3 Å². The average Bonchev–Trinajstić information content (AvgIpc) is 2.98. The first-order valence-corrected chi connectivity index (χ1v) is 19.7. The molecule has 0 aliphatic carbocycles. The van der Waals surface area contributed by atoms with Gasteiger partial charge in [0.15, 0.2) is 16.6 Å². The molecule has 2 rings (SSSR count). The molecule has 0 fully saturated rings. The molecular formula is C32H52O4Si2. The van der Waals surface area contributed by atoms with Crippen molar-refractivity contribution in [3.05, 3.63) is 78.4 Å². The molecule has 3 atom stereocenters. The van der Waals surface area contributed by atoms with Crippen molar-refractivity contribution >= 4 is 16.6 Å². The summed E-state index contributed by atoms with van der Waals surface area (Å²) >= 11 is 0. The molecule has 2 aromatic rings. The van der Waals surface area contributed by atoms with E-state index in [1.165, 1.54) is 5.56 Å². The smallest absolute Gasteiger partial charge is 0.193 e. The minimum atomic E-state index is -1.99. The van der Waals surface area contributed by atoms with Gasteiger partial charge in [0.1, 0.15) is 11.9 Å². The van der Waals surface area contributed by atoms with Crippen LogP contribution in [0.5, 0.6) is 5.75 Å². The Bertz CT molecular complexity index is 894. The number of ether oxygens (including phenoxy) is 2. The maximum absolute atomic E-state index is 7.36. The summed E-state index contributed by atoms with van der Waals surface area (Å²) in [6, 6.07) is 25.3. The molecule has 0 saturated carbocycles. The van der Waals surface area contributed by atoms with Gasteiger partial charge in [0.25, 0.3) is 0 Å². The van der Waals surface area contributed by atoms with E-state index in [-0.39, 0.29) is 18.3 Å². The molecule has 0 aliphatic heterocycles. The molecule has 0 aromatic heterocycles. The first-order chi connectivity index (χ1) is 18.4. The molecule has 6 heteroatoms. The maximum Gasteiger partial charge on any atom is 0.193 e. The van der Waals surface area contributed by atoms with Gasteiger partial charge in [0, 0.05) is 0 Å². The van der Waals surface area contributed by atoms with E-state index in [1.54, 1.807) is 7.11 Å². The number of hydrogen-bond acceptors (Lipinski definition) is 4. The number of rotatable bonds is 19. The van der Waals surface area contributed by atoms with Gasteiger partial charge in [0.05, 0.1) is 25.9 Å². The molecule has 0 N–H and O–H groups in total. The zero-order chi connectivity index (χ0) is 28.0. The van der Waals surface area contributed by atoms with Crippen molar-refractivity contribution in [3.8, 4) is 5.75 Å². The van der Waals surface area contributed by atoms with Crippen molar-refractivity contribution < 1.29 is 18.3 Å². The second kappa shape index (κ2) is 16.4. The van der Waals surface area contributed by atoms with E-state index in [0.29, 0.717) is 13.0 Å². The van der Waals surface area contributed by atoms with Gasteiger partial charge in [-0.15, -0.1) is 6.58 Å². The van der Waals surface area contributed by atoms with Crippen LogP contribution in [-0.2, 0) is 20.2 Å². The molecule has 0 heterocycles. The lowest BCUT2D eigenvalue weighted by atomic mass is 9.98. The van der Waals surface area contributed by atoms with E-state index >= 15 is 0 Å². The molecule has 0 radical (unpaired) electrons. The normalized spacial score (nSPS) is 14.6. The standard InChI is InChI=1S/C32H52O4Si2/c1-9-19-30(34-26-27-22-24-29(33-8)25-23-27)32(36-38(13-5,14-6)15-7)31(28-20-17-16-18-21-28)35-37(10-2,11-3)12-4/h9,16-18,20-25,30-32H,1,10-15,19,26H2,2-8H3/t30-,31+,32-/m0/s1. The molecule has 0 bridgehead atoms. The minimum absolute atomic E-state index is 0.173. The third-order valence-corrected chi connectivity index (χ3v) is 17.7. The van der Waals surface area contributed by atoms with Gasteiger partial charge >= 0.3 is 0 Å². The summed E-state index contributed by atoms with van der Waals surface area (Å²) in [6.07, 6.45) is 2.10. The van der Waals surface area contributed by atoms with E-state index < -0.39 is 16.6 Å². The van der Waals surface area contributed by atoms with Crippen LogP contribution in [0.3, 0.4) is 0 Å². The highest BCUT2D eigenvalue weighted by atomic mass is 28.4. The first-order valence-electron chi connectivity index (χ1n) is 14.6. The third kappa shape index (κ3) is 8.65. The van der Waals surface area contributed by atoms with Crippen LogP contribution in [0.4, 0.5) is 0 Å². The Morgan fingerprint density at radius 1 is 0.737 bits per heavy atom. The molecule has 0 spiro atoms. The average molecular weight is 557 g/mol. The van der Waals surface area contributed by atoms with Gasteiger partial charge < -0.3 is 18.3 Å². The number of hydrogen-bond donors (Lipinski definition) is 0. The quantitative estimate of drug-likeness (QED) is 0.128. The molecule has 0 aliphatic rings.